The molecular weight excluding hydrogens is 561 g/mol. The molecule has 0 bridgehead atoms. The average molecular weight is 599 g/mol. The van der Waals surface area contributed by atoms with E-state index in [9.17, 15) is 18.0 Å². The van der Waals surface area contributed by atoms with Crippen LogP contribution in [-0.2, 0) is 17.5 Å². The molecule has 0 atom stereocenters. The van der Waals surface area contributed by atoms with Crippen LogP contribution in [0.1, 0.15) is 38.2 Å². The first-order chi connectivity index (χ1) is 20.4. The number of benzene rings is 2. The summed E-state index contributed by atoms with van der Waals surface area (Å²) in [4.78, 5) is 21.5. The van der Waals surface area contributed by atoms with Gasteiger partial charge in [0.25, 0.3) is 5.91 Å². The zero-order valence-electron chi connectivity index (χ0n) is 25.0. The molecular formula is C31H37F3N6O3. The third-order valence-electron chi connectivity index (χ3n) is 7.31. The molecule has 0 aliphatic carbocycles. The number of hydrogen-bond acceptors (Lipinski definition) is 8. The minimum Gasteiger partial charge on any atom is -0.495 e. The summed E-state index contributed by atoms with van der Waals surface area (Å²) < 4.78 is 52.6. The summed E-state index contributed by atoms with van der Waals surface area (Å²) in [5, 5.41) is 4.07. The van der Waals surface area contributed by atoms with Gasteiger partial charge in [-0.2, -0.15) is 13.2 Å². The molecule has 3 aromatic rings. The van der Waals surface area contributed by atoms with Crippen molar-refractivity contribution in [3.05, 3.63) is 88.4 Å². The first-order valence-electron chi connectivity index (χ1n) is 13.7. The highest BCUT2D eigenvalue weighted by atomic mass is 19.4. The normalized spacial score (nSPS) is 14.4. The van der Waals surface area contributed by atoms with Gasteiger partial charge >= 0.3 is 6.18 Å². The molecule has 1 amide bonds. The number of aryl methyl sites for hydroxylation is 1. The lowest BCUT2D eigenvalue weighted by Gasteiger charge is -2.28. The Morgan fingerprint density at radius 2 is 1.84 bits per heavy atom. The molecule has 0 saturated carbocycles. The van der Waals surface area contributed by atoms with E-state index >= 15 is 0 Å². The zero-order chi connectivity index (χ0) is 31.3. The maximum atomic E-state index is 14.0. The van der Waals surface area contributed by atoms with Crippen LogP contribution in [-0.4, -0.2) is 68.2 Å². The molecule has 12 heteroatoms. The fourth-order valence-electron chi connectivity index (χ4n) is 4.86. The highest BCUT2D eigenvalue weighted by Crippen LogP contribution is 2.36. The van der Waals surface area contributed by atoms with E-state index in [4.69, 9.17) is 15.3 Å². The van der Waals surface area contributed by atoms with Gasteiger partial charge in [0.1, 0.15) is 5.75 Å². The van der Waals surface area contributed by atoms with Gasteiger partial charge in [0.15, 0.2) is 0 Å². The maximum absolute atomic E-state index is 14.0. The fraction of sp³-hybridized carbons (Fsp3) is 0.355. The summed E-state index contributed by atoms with van der Waals surface area (Å²) in [5.41, 5.74) is 2.99. The van der Waals surface area contributed by atoms with Crippen LogP contribution in [0.25, 0.3) is 5.70 Å². The number of morpholine rings is 1. The third kappa shape index (κ3) is 7.83. The molecule has 1 fully saturated rings. The van der Waals surface area contributed by atoms with Crippen LogP contribution in [0.5, 0.6) is 5.75 Å². The molecule has 1 aliphatic rings. The Balaban J connectivity index is 1.63. The third-order valence-corrected chi connectivity index (χ3v) is 7.31. The Kier molecular flexibility index (Phi) is 9.95. The molecule has 1 aliphatic heterocycles. The number of pyridine rings is 1. The zero-order valence-corrected chi connectivity index (χ0v) is 25.0. The molecule has 0 unspecified atom stereocenters. The second kappa shape index (κ2) is 13.4. The van der Waals surface area contributed by atoms with Gasteiger partial charge in [-0.3, -0.25) is 19.7 Å². The number of nitrogens with zero attached hydrogens (tertiary/aromatic N) is 4. The average Bonchev–Trinajstić information content (AvgIpc) is 2.97. The molecule has 2 heterocycles. The van der Waals surface area contributed by atoms with Crippen LogP contribution >= 0.6 is 0 Å². The van der Waals surface area contributed by atoms with Gasteiger partial charge in [-0.25, -0.2) is 5.84 Å². The SMILES string of the molecule is COc1cncc(/C(=C/N(N)c2cc(C(=O)Nc3cc(CN4CCOCC4)c(C)c(C(F)(F)F)c3)ccc2C)N(C)C)c1. The van der Waals surface area contributed by atoms with Crippen molar-refractivity contribution >= 4 is 23.0 Å². The molecule has 0 radical (unpaired) electrons. The smallest absolute Gasteiger partial charge is 0.416 e. The molecule has 0 spiro atoms. The Morgan fingerprint density at radius 1 is 1.12 bits per heavy atom. The Labute approximate surface area is 249 Å². The number of nitrogens with one attached hydrogen (secondary N) is 1. The summed E-state index contributed by atoms with van der Waals surface area (Å²) >= 11 is 0. The van der Waals surface area contributed by atoms with Crippen molar-refractivity contribution in [2.75, 3.05) is 57.8 Å². The number of anilines is 2. The topological polar surface area (TPSA) is 96.2 Å². The van der Waals surface area contributed by atoms with E-state index < -0.39 is 17.6 Å². The first-order valence-corrected chi connectivity index (χ1v) is 13.7. The van der Waals surface area contributed by atoms with Crippen molar-refractivity contribution in [2.45, 2.75) is 26.6 Å². The highest BCUT2D eigenvalue weighted by Gasteiger charge is 2.34. The van der Waals surface area contributed by atoms with Crippen molar-refractivity contribution in [3.63, 3.8) is 0 Å². The summed E-state index contributed by atoms with van der Waals surface area (Å²) in [6.07, 6.45) is 0.411. The molecule has 2 aromatic carbocycles. The minimum absolute atomic E-state index is 0.0678. The number of hydrogen-bond donors (Lipinski definition) is 2. The summed E-state index contributed by atoms with van der Waals surface area (Å²) in [6.45, 7) is 5.93. The van der Waals surface area contributed by atoms with E-state index in [0.717, 1.165) is 22.9 Å². The lowest BCUT2D eigenvalue weighted by Crippen LogP contribution is -2.36. The summed E-state index contributed by atoms with van der Waals surface area (Å²) in [6, 6.07) is 9.36. The number of carbonyl (C=O) groups excluding carboxylic acids is 1. The lowest BCUT2D eigenvalue weighted by atomic mass is 9.99. The largest absolute Gasteiger partial charge is 0.495 e. The molecule has 1 aromatic heterocycles. The van der Waals surface area contributed by atoms with E-state index in [-0.39, 0.29) is 16.8 Å². The van der Waals surface area contributed by atoms with Crippen molar-refractivity contribution in [2.24, 2.45) is 5.84 Å². The van der Waals surface area contributed by atoms with Crippen molar-refractivity contribution in [1.29, 1.82) is 0 Å². The summed E-state index contributed by atoms with van der Waals surface area (Å²) in [5.74, 6) is 6.49. The number of methoxy groups -OCH3 is 1. The molecule has 43 heavy (non-hydrogen) atoms. The number of ether oxygens (including phenoxy) is 2. The quantitative estimate of drug-likeness (QED) is 0.261. The second-order valence-corrected chi connectivity index (χ2v) is 10.6. The number of rotatable bonds is 9. The van der Waals surface area contributed by atoms with Gasteiger partial charge < -0.3 is 19.7 Å². The number of alkyl halides is 3. The van der Waals surface area contributed by atoms with Crippen LogP contribution in [0.15, 0.2) is 55.0 Å². The number of hydrazine groups is 1. The second-order valence-electron chi connectivity index (χ2n) is 10.6. The Bertz CT molecular complexity index is 1490. The molecule has 4 rings (SSSR count). The van der Waals surface area contributed by atoms with Gasteiger partial charge in [-0.15, -0.1) is 0 Å². The van der Waals surface area contributed by atoms with E-state index in [1.54, 1.807) is 50.0 Å². The standard InChI is InChI=1S/C31H37F3N6O3/c1-20-6-7-22(14-28(20)40(35)19-29(38(3)4)23-13-26(42-5)17-36-16-23)30(41)37-25-12-24(18-39-8-10-43-11-9-39)21(2)27(15-25)31(32,33)34/h6-7,12-17,19H,8-11,18,35H2,1-5H3,(H,37,41)/b29-19-. The van der Waals surface area contributed by atoms with Crippen molar-refractivity contribution in [3.8, 4) is 5.75 Å². The van der Waals surface area contributed by atoms with E-state index in [2.05, 4.69) is 10.3 Å². The molecule has 1 saturated heterocycles. The van der Waals surface area contributed by atoms with E-state index in [1.807, 2.05) is 36.9 Å². The number of amides is 1. The van der Waals surface area contributed by atoms with Crippen LogP contribution in [0, 0.1) is 13.8 Å². The predicted molar refractivity (Wildman–Crippen MR) is 161 cm³/mol. The van der Waals surface area contributed by atoms with Crippen LogP contribution in [0.2, 0.25) is 0 Å². The van der Waals surface area contributed by atoms with Crippen LogP contribution in [0.4, 0.5) is 24.5 Å². The predicted octanol–water partition coefficient (Wildman–Crippen LogP) is 5.05. The maximum Gasteiger partial charge on any atom is 0.416 e. The highest BCUT2D eigenvalue weighted by molar-refractivity contribution is 6.05. The van der Waals surface area contributed by atoms with Crippen LogP contribution in [0.3, 0.4) is 0 Å². The Morgan fingerprint density at radius 3 is 2.49 bits per heavy atom. The summed E-state index contributed by atoms with van der Waals surface area (Å²) in [7, 11) is 5.28. The number of carbonyl (C=O) groups is 1. The molecule has 3 N–H and O–H groups in total. The molecule has 9 nitrogen and oxygen atoms in total. The Hall–Kier alpha value is -4.13. The van der Waals surface area contributed by atoms with Crippen molar-refractivity contribution < 1.29 is 27.4 Å². The van der Waals surface area contributed by atoms with Crippen LogP contribution < -0.4 is 20.9 Å². The van der Waals surface area contributed by atoms with E-state index in [1.165, 1.54) is 11.9 Å². The first kappa shape index (κ1) is 31.8. The molecule has 230 valence electrons. The van der Waals surface area contributed by atoms with Gasteiger partial charge in [-0.05, 0) is 60.9 Å². The number of nitrogens with two attached hydrogens (primary N) is 1. The van der Waals surface area contributed by atoms with Gasteiger partial charge in [0, 0.05) is 62.9 Å². The monoisotopic (exact) mass is 598 g/mol. The minimum atomic E-state index is -4.57. The fourth-order valence-corrected chi connectivity index (χ4v) is 4.86. The van der Waals surface area contributed by atoms with Crippen molar-refractivity contribution in [1.82, 2.24) is 14.8 Å². The number of aromatic nitrogens is 1. The van der Waals surface area contributed by atoms with E-state index in [0.29, 0.717) is 49.8 Å². The van der Waals surface area contributed by atoms with Gasteiger partial charge in [0.2, 0.25) is 0 Å². The lowest BCUT2D eigenvalue weighted by molar-refractivity contribution is -0.138. The number of halogens is 3. The van der Waals surface area contributed by atoms with Gasteiger partial charge in [0.05, 0.1) is 43.5 Å². The van der Waals surface area contributed by atoms with Gasteiger partial charge in [-0.1, -0.05) is 6.07 Å².